The monoisotopic (exact) mass is 254 g/mol. The van der Waals surface area contributed by atoms with Crippen molar-refractivity contribution in [2.75, 3.05) is 7.11 Å². The van der Waals surface area contributed by atoms with Crippen molar-refractivity contribution in [1.82, 2.24) is 0 Å². The molecule has 2 rings (SSSR count). The number of benzene rings is 2. The second kappa shape index (κ2) is 5.96. The number of Topliss-reactive ketones (excluding diaryl/α,β-unsaturated/α-hetero) is 1. The predicted octanol–water partition coefficient (Wildman–Crippen LogP) is 2.90. The fraction of sp³-hybridized carbons (Fsp3) is 0.125. The molecular weight excluding hydrogens is 240 g/mol. The summed E-state index contributed by atoms with van der Waals surface area (Å²) in [7, 11) is 1.33. The van der Waals surface area contributed by atoms with E-state index in [4.69, 9.17) is 4.74 Å². The molecule has 2 aromatic rings. The number of hydrogen-bond acceptors (Lipinski definition) is 3. The molecule has 2 aromatic carbocycles. The van der Waals surface area contributed by atoms with Gasteiger partial charge in [-0.1, -0.05) is 48.5 Å². The van der Waals surface area contributed by atoms with Gasteiger partial charge >= 0.3 is 5.97 Å². The number of ether oxygens (including phenoxy) is 1. The average molecular weight is 254 g/mol. The maximum Gasteiger partial charge on any atom is 0.338 e. The Hall–Kier alpha value is -2.42. The van der Waals surface area contributed by atoms with Crippen LogP contribution < -0.4 is 0 Å². The molecule has 0 heterocycles. The summed E-state index contributed by atoms with van der Waals surface area (Å²) in [6.45, 7) is 0. The third kappa shape index (κ3) is 3.07. The van der Waals surface area contributed by atoms with Crippen LogP contribution in [-0.2, 0) is 11.2 Å². The first-order chi connectivity index (χ1) is 9.22. The first-order valence-corrected chi connectivity index (χ1v) is 5.97. The molecule has 0 saturated carbocycles. The highest BCUT2D eigenvalue weighted by Gasteiger charge is 2.14. The van der Waals surface area contributed by atoms with Crippen molar-refractivity contribution >= 4 is 11.8 Å². The third-order valence-electron chi connectivity index (χ3n) is 2.87. The third-order valence-corrected chi connectivity index (χ3v) is 2.87. The zero-order valence-corrected chi connectivity index (χ0v) is 10.6. The number of methoxy groups -OCH3 is 1. The topological polar surface area (TPSA) is 43.4 Å². The van der Waals surface area contributed by atoms with E-state index in [1.54, 1.807) is 36.4 Å². The van der Waals surface area contributed by atoms with Crippen LogP contribution in [0.25, 0.3) is 0 Å². The first-order valence-electron chi connectivity index (χ1n) is 5.97. The molecule has 0 atom stereocenters. The molecule has 0 aliphatic rings. The van der Waals surface area contributed by atoms with E-state index in [-0.39, 0.29) is 12.2 Å². The number of rotatable bonds is 4. The molecular formula is C16H14O3. The number of ketones is 1. The first kappa shape index (κ1) is 13.0. The maximum absolute atomic E-state index is 12.1. The van der Waals surface area contributed by atoms with Crippen molar-refractivity contribution < 1.29 is 14.3 Å². The van der Waals surface area contributed by atoms with Crippen LogP contribution in [0.5, 0.6) is 0 Å². The highest BCUT2D eigenvalue weighted by Crippen LogP contribution is 2.13. The molecule has 0 aromatic heterocycles. The number of carbonyl (C=O) groups is 2. The minimum atomic E-state index is -0.420. The summed E-state index contributed by atoms with van der Waals surface area (Å²) in [5.41, 5.74) is 1.76. The summed E-state index contributed by atoms with van der Waals surface area (Å²) in [5, 5.41) is 0. The van der Waals surface area contributed by atoms with Crippen molar-refractivity contribution in [1.29, 1.82) is 0 Å². The van der Waals surface area contributed by atoms with Crippen molar-refractivity contribution in [2.24, 2.45) is 0 Å². The van der Waals surface area contributed by atoms with Crippen LogP contribution in [0.2, 0.25) is 0 Å². The van der Waals surface area contributed by atoms with Gasteiger partial charge in [0.05, 0.1) is 12.7 Å². The van der Waals surface area contributed by atoms with Crippen molar-refractivity contribution in [3.63, 3.8) is 0 Å². The highest BCUT2D eigenvalue weighted by atomic mass is 16.5. The molecule has 19 heavy (non-hydrogen) atoms. The van der Waals surface area contributed by atoms with Gasteiger partial charge in [0.1, 0.15) is 0 Å². The molecule has 0 unspecified atom stereocenters. The lowest BCUT2D eigenvalue weighted by Gasteiger charge is -2.07. The van der Waals surface area contributed by atoms with E-state index in [0.29, 0.717) is 16.7 Å². The van der Waals surface area contributed by atoms with Gasteiger partial charge < -0.3 is 4.74 Å². The zero-order chi connectivity index (χ0) is 13.7. The smallest absolute Gasteiger partial charge is 0.338 e. The summed E-state index contributed by atoms with van der Waals surface area (Å²) in [6.07, 6.45) is 0.190. The lowest BCUT2D eigenvalue weighted by Crippen LogP contribution is -2.10. The Morgan fingerprint density at radius 3 is 2.26 bits per heavy atom. The molecule has 3 heteroatoms. The summed E-state index contributed by atoms with van der Waals surface area (Å²) in [4.78, 5) is 23.7. The molecule has 0 aliphatic carbocycles. The number of esters is 1. The average Bonchev–Trinajstić information content (AvgIpc) is 2.48. The molecule has 96 valence electrons. The van der Waals surface area contributed by atoms with Crippen LogP contribution in [0.3, 0.4) is 0 Å². The fourth-order valence-electron chi connectivity index (χ4n) is 1.88. The van der Waals surface area contributed by atoms with E-state index >= 15 is 0 Å². The zero-order valence-electron chi connectivity index (χ0n) is 10.6. The molecule has 0 spiro atoms. The second-order valence-electron chi connectivity index (χ2n) is 4.11. The Morgan fingerprint density at radius 2 is 1.58 bits per heavy atom. The maximum atomic E-state index is 12.1. The summed E-state index contributed by atoms with van der Waals surface area (Å²) in [6, 6.07) is 16.0. The highest BCUT2D eigenvalue weighted by molar-refractivity contribution is 5.99. The van der Waals surface area contributed by atoms with Gasteiger partial charge in [0, 0.05) is 12.0 Å². The molecule has 0 N–H and O–H groups in total. The fourth-order valence-corrected chi connectivity index (χ4v) is 1.88. The predicted molar refractivity (Wildman–Crippen MR) is 72.3 cm³/mol. The van der Waals surface area contributed by atoms with Gasteiger partial charge in [-0.25, -0.2) is 4.79 Å². The van der Waals surface area contributed by atoms with Gasteiger partial charge in [0.25, 0.3) is 0 Å². The molecule has 3 nitrogen and oxygen atoms in total. The number of hydrogen-bond donors (Lipinski definition) is 0. The quantitative estimate of drug-likeness (QED) is 0.622. The standard InChI is InChI=1S/C16H14O3/c1-19-16(18)14-10-6-5-9-13(14)11-15(17)12-7-3-2-4-8-12/h2-10H,11H2,1H3. The van der Waals surface area contributed by atoms with Crippen molar-refractivity contribution in [3.8, 4) is 0 Å². The lowest BCUT2D eigenvalue weighted by molar-refractivity contribution is 0.0599. The Bertz CT molecular complexity index is 588. The SMILES string of the molecule is COC(=O)c1ccccc1CC(=O)c1ccccc1. The minimum Gasteiger partial charge on any atom is -0.465 e. The molecule has 0 aliphatic heterocycles. The van der Waals surface area contributed by atoms with Crippen LogP contribution in [0, 0.1) is 0 Å². The molecule has 0 radical (unpaired) electrons. The Kier molecular flexibility index (Phi) is 4.08. The molecule has 0 amide bonds. The van der Waals surface area contributed by atoms with Gasteiger partial charge in [-0.15, -0.1) is 0 Å². The van der Waals surface area contributed by atoms with Crippen LogP contribution in [0.4, 0.5) is 0 Å². The van der Waals surface area contributed by atoms with Crippen LogP contribution >= 0.6 is 0 Å². The van der Waals surface area contributed by atoms with Crippen LogP contribution in [-0.4, -0.2) is 18.9 Å². The Labute approximate surface area is 111 Å². The van der Waals surface area contributed by atoms with Gasteiger partial charge in [0.2, 0.25) is 0 Å². The molecule has 0 saturated heterocycles. The summed E-state index contributed by atoms with van der Waals surface area (Å²) in [5.74, 6) is -0.437. The van der Waals surface area contributed by atoms with E-state index < -0.39 is 5.97 Å². The Morgan fingerprint density at radius 1 is 0.947 bits per heavy atom. The number of carbonyl (C=O) groups excluding carboxylic acids is 2. The van der Waals surface area contributed by atoms with Crippen molar-refractivity contribution in [3.05, 3.63) is 71.3 Å². The van der Waals surface area contributed by atoms with E-state index in [1.807, 2.05) is 18.2 Å². The largest absolute Gasteiger partial charge is 0.465 e. The van der Waals surface area contributed by atoms with Gasteiger partial charge in [-0.05, 0) is 11.6 Å². The van der Waals surface area contributed by atoms with Crippen LogP contribution in [0.15, 0.2) is 54.6 Å². The molecule has 0 fully saturated rings. The van der Waals surface area contributed by atoms with Gasteiger partial charge in [-0.2, -0.15) is 0 Å². The second-order valence-corrected chi connectivity index (χ2v) is 4.11. The van der Waals surface area contributed by atoms with Gasteiger partial charge in [0.15, 0.2) is 5.78 Å². The normalized spacial score (nSPS) is 9.95. The van der Waals surface area contributed by atoms with Crippen LogP contribution in [0.1, 0.15) is 26.3 Å². The van der Waals surface area contributed by atoms with E-state index in [9.17, 15) is 9.59 Å². The summed E-state index contributed by atoms with van der Waals surface area (Å²) >= 11 is 0. The lowest BCUT2D eigenvalue weighted by atomic mass is 9.99. The molecule has 0 bridgehead atoms. The van der Waals surface area contributed by atoms with E-state index in [2.05, 4.69) is 0 Å². The van der Waals surface area contributed by atoms with Gasteiger partial charge in [-0.3, -0.25) is 4.79 Å². The van der Waals surface area contributed by atoms with E-state index in [0.717, 1.165) is 0 Å². The minimum absolute atomic E-state index is 0.0167. The van der Waals surface area contributed by atoms with Crippen molar-refractivity contribution in [2.45, 2.75) is 6.42 Å². The summed E-state index contributed by atoms with van der Waals surface area (Å²) < 4.78 is 4.71. The van der Waals surface area contributed by atoms with E-state index in [1.165, 1.54) is 7.11 Å². The Balaban J connectivity index is 2.25.